The topological polar surface area (TPSA) is 188 Å². The number of nitrogens with two attached hydrogens (primary N) is 1. The molecule has 0 spiro atoms. The average molecular weight is 415 g/mol. The van der Waals surface area contributed by atoms with Crippen molar-refractivity contribution in [2.45, 2.75) is 24.0 Å². The number of ketones is 2. The molecular weight excluding hydrogens is 398 g/mol. The van der Waals surface area contributed by atoms with Gasteiger partial charge in [-0.05, 0) is 23.1 Å². The summed E-state index contributed by atoms with van der Waals surface area (Å²) in [6.07, 6.45) is -1.38. The summed E-state index contributed by atoms with van der Waals surface area (Å²) in [5.74, 6) is -5.98. The number of aromatic hydroxyl groups is 2. The first kappa shape index (κ1) is 19.7. The van der Waals surface area contributed by atoms with Crippen LogP contribution in [0.3, 0.4) is 0 Å². The minimum Gasteiger partial charge on any atom is -0.508 e. The van der Waals surface area contributed by atoms with Gasteiger partial charge in [0.2, 0.25) is 11.4 Å². The molecule has 2 atom stereocenters. The number of phenols is 2. The second-order valence-electron chi connectivity index (χ2n) is 7.44. The zero-order chi connectivity index (χ0) is 22.2. The van der Waals surface area contributed by atoms with Gasteiger partial charge in [-0.2, -0.15) is 0 Å². The van der Waals surface area contributed by atoms with E-state index in [0.717, 1.165) is 0 Å². The number of aliphatic hydroxyl groups excluding tert-OH is 1. The summed E-state index contributed by atoms with van der Waals surface area (Å²) in [5, 5.41) is 53.7. The van der Waals surface area contributed by atoms with Gasteiger partial charge in [0, 0.05) is 18.9 Å². The summed E-state index contributed by atoms with van der Waals surface area (Å²) in [4.78, 5) is 37.1. The number of fused-ring (bicyclic) bond motifs is 3. The number of primary amides is 1. The van der Waals surface area contributed by atoms with E-state index in [4.69, 9.17) is 10.5 Å². The van der Waals surface area contributed by atoms with Gasteiger partial charge in [-0.1, -0.05) is 0 Å². The zero-order valence-electron chi connectivity index (χ0n) is 15.6. The highest BCUT2D eigenvalue weighted by molar-refractivity contribution is 6.24. The third kappa shape index (κ3) is 2.22. The molecule has 156 valence electrons. The van der Waals surface area contributed by atoms with Crippen molar-refractivity contribution in [3.63, 3.8) is 0 Å². The first-order chi connectivity index (χ1) is 14.0. The molecule has 2 aliphatic rings. The lowest BCUT2D eigenvalue weighted by Crippen LogP contribution is -2.67. The number of carbonyl (C=O) groups excluding carboxylic acids is 3. The first-order valence-corrected chi connectivity index (χ1v) is 8.78. The molecule has 2 aliphatic carbocycles. The third-order valence-electron chi connectivity index (χ3n) is 5.75. The smallest absolute Gasteiger partial charge is 0.255 e. The molecule has 4 rings (SSSR count). The van der Waals surface area contributed by atoms with E-state index >= 15 is 0 Å². The highest BCUT2D eigenvalue weighted by Gasteiger charge is 2.66. The van der Waals surface area contributed by atoms with Crippen LogP contribution in [0.15, 0.2) is 29.5 Å². The van der Waals surface area contributed by atoms with Gasteiger partial charge in [0.15, 0.2) is 11.5 Å². The first-order valence-electron chi connectivity index (χ1n) is 8.78. The van der Waals surface area contributed by atoms with E-state index < -0.39 is 69.9 Å². The Hall–Kier alpha value is -3.63. The molecular formula is C20H17NO9. The van der Waals surface area contributed by atoms with Crippen LogP contribution in [0.5, 0.6) is 17.2 Å². The van der Waals surface area contributed by atoms with Crippen molar-refractivity contribution in [1.29, 1.82) is 0 Å². The standard InChI is InChI=1S/C20H17NO9/c1-30-9-3-7-2-8-5-19(28)6-11(23)14(18(21)27)17(26)20(19,29)16(25)13(8)15(24)12(7)10(22)4-9/h2-4,22,24,26,28-29H,5-6H2,1H3,(H2,21,27)/t19-,20+/m0/s1. The molecule has 0 fully saturated rings. The fourth-order valence-electron chi connectivity index (χ4n) is 4.32. The molecule has 30 heavy (non-hydrogen) atoms. The molecule has 2 aromatic rings. The number of ether oxygens (including phenoxy) is 1. The highest BCUT2D eigenvalue weighted by atomic mass is 16.5. The maximum absolute atomic E-state index is 13.2. The van der Waals surface area contributed by atoms with Crippen LogP contribution >= 0.6 is 0 Å². The summed E-state index contributed by atoms with van der Waals surface area (Å²) in [6, 6.07) is 4.06. The Kier molecular flexibility index (Phi) is 3.90. The van der Waals surface area contributed by atoms with E-state index in [2.05, 4.69) is 0 Å². The second-order valence-corrected chi connectivity index (χ2v) is 7.44. The van der Waals surface area contributed by atoms with Crippen LogP contribution in [-0.4, -0.2) is 61.3 Å². The van der Waals surface area contributed by atoms with E-state index in [-0.39, 0.29) is 22.1 Å². The molecule has 0 aliphatic heterocycles. The number of phenolic OH excluding ortho intramolecular Hbond substituents is 2. The highest BCUT2D eigenvalue weighted by Crippen LogP contribution is 2.51. The van der Waals surface area contributed by atoms with Gasteiger partial charge < -0.3 is 36.0 Å². The maximum atomic E-state index is 13.2. The molecule has 1 amide bonds. The van der Waals surface area contributed by atoms with Gasteiger partial charge in [-0.3, -0.25) is 14.4 Å². The minimum atomic E-state index is -3.09. The number of hydrogen-bond donors (Lipinski definition) is 6. The average Bonchev–Trinajstić information content (AvgIpc) is 2.63. The van der Waals surface area contributed by atoms with Gasteiger partial charge in [-0.15, -0.1) is 0 Å². The minimum absolute atomic E-state index is 0.0629. The molecule has 0 radical (unpaired) electrons. The predicted molar refractivity (Wildman–Crippen MR) is 100 cm³/mol. The Morgan fingerprint density at radius 1 is 1.10 bits per heavy atom. The van der Waals surface area contributed by atoms with Crippen molar-refractivity contribution in [3.05, 3.63) is 40.7 Å². The largest absolute Gasteiger partial charge is 0.508 e. The lowest BCUT2D eigenvalue weighted by molar-refractivity contribution is -0.151. The molecule has 0 saturated heterocycles. The molecule has 2 aromatic carbocycles. The molecule has 0 aromatic heterocycles. The summed E-state index contributed by atoms with van der Waals surface area (Å²) in [5.41, 5.74) is -1.90. The molecule has 10 nitrogen and oxygen atoms in total. The predicted octanol–water partition coefficient (Wildman–Crippen LogP) is -0.269. The number of hydrogen-bond acceptors (Lipinski definition) is 9. The molecule has 0 unspecified atom stereocenters. The van der Waals surface area contributed by atoms with Gasteiger partial charge in [0.25, 0.3) is 5.91 Å². The lowest BCUT2D eigenvalue weighted by Gasteiger charge is -2.47. The summed E-state index contributed by atoms with van der Waals surface area (Å²) in [6.45, 7) is 0. The number of carbonyl (C=O) groups is 3. The van der Waals surface area contributed by atoms with Crippen molar-refractivity contribution in [3.8, 4) is 17.2 Å². The fraction of sp³-hybridized carbons (Fsp3) is 0.250. The monoisotopic (exact) mass is 415 g/mol. The van der Waals surface area contributed by atoms with Crippen molar-refractivity contribution in [2.24, 2.45) is 5.73 Å². The molecule has 10 heteroatoms. The van der Waals surface area contributed by atoms with Gasteiger partial charge in [-0.25, -0.2) is 0 Å². The van der Waals surface area contributed by atoms with Crippen molar-refractivity contribution < 1.29 is 44.7 Å². The Balaban J connectivity index is 2.06. The zero-order valence-corrected chi connectivity index (χ0v) is 15.6. The Bertz CT molecular complexity index is 1210. The number of methoxy groups -OCH3 is 1. The summed E-state index contributed by atoms with van der Waals surface area (Å²) >= 11 is 0. The number of rotatable bonds is 2. The molecule has 7 N–H and O–H groups in total. The lowest BCUT2D eigenvalue weighted by atomic mass is 9.61. The van der Waals surface area contributed by atoms with Crippen LogP contribution in [0.2, 0.25) is 0 Å². The van der Waals surface area contributed by atoms with Crippen LogP contribution in [0, 0.1) is 0 Å². The maximum Gasteiger partial charge on any atom is 0.255 e. The number of Topliss-reactive ketones (excluding diaryl/α,β-unsaturated/α-hetero) is 2. The van der Waals surface area contributed by atoms with Crippen molar-refractivity contribution in [1.82, 2.24) is 0 Å². The van der Waals surface area contributed by atoms with Crippen LogP contribution < -0.4 is 10.5 Å². The Morgan fingerprint density at radius 3 is 2.37 bits per heavy atom. The van der Waals surface area contributed by atoms with Crippen molar-refractivity contribution in [2.75, 3.05) is 7.11 Å². The van der Waals surface area contributed by atoms with Crippen LogP contribution in [0.25, 0.3) is 10.8 Å². The quantitative estimate of drug-likeness (QED) is 0.359. The van der Waals surface area contributed by atoms with E-state index in [0.29, 0.717) is 0 Å². The third-order valence-corrected chi connectivity index (χ3v) is 5.75. The van der Waals surface area contributed by atoms with E-state index in [1.807, 2.05) is 0 Å². The SMILES string of the molecule is COc1cc(O)c2c(O)c3c(cc2c1)C[C@]1(O)CC(=O)C(C(N)=O)=C(O)[C@]1(O)C3=O. The van der Waals surface area contributed by atoms with Crippen LogP contribution in [-0.2, 0) is 16.0 Å². The molecule has 0 heterocycles. The molecule has 0 saturated carbocycles. The number of benzene rings is 2. The fourth-order valence-corrected chi connectivity index (χ4v) is 4.32. The van der Waals surface area contributed by atoms with Gasteiger partial charge in [0.05, 0.1) is 18.1 Å². The second kappa shape index (κ2) is 5.94. The summed E-state index contributed by atoms with van der Waals surface area (Å²) in [7, 11) is 1.37. The Morgan fingerprint density at radius 2 is 1.77 bits per heavy atom. The Labute approximate surface area is 168 Å². The van der Waals surface area contributed by atoms with Crippen molar-refractivity contribution >= 4 is 28.2 Å². The van der Waals surface area contributed by atoms with Crippen LogP contribution in [0.1, 0.15) is 22.3 Å². The van der Waals surface area contributed by atoms with Crippen LogP contribution in [0.4, 0.5) is 0 Å². The van der Waals surface area contributed by atoms with E-state index in [9.17, 15) is 39.9 Å². The van der Waals surface area contributed by atoms with E-state index in [1.165, 1.54) is 25.3 Å². The normalized spacial score (nSPS) is 25.8. The number of aliphatic hydroxyl groups is 3. The van der Waals surface area contributed by atoms with Gasteiger partial charge in [0.1, 0.15) is 28.4 Å². The van der Waals surface area contributed by atoms with E-state index in [1.54, 1.807) is 0 Å². The summed E-state index contributed by atoms with van der Waals surface area (Å²) < 4.78 is 5.07. The van der Waals surface area contributed by atoms with Gasteiger partial charge >= 0.3 is 0 Å². The number of amides is 1. The molecule has 0 bridgehead atoms.